The fourth-order valence-corrected chi connectivity index (χ4v) is 8.40. The summed E-state index contributed by atoms with van der Waals surface area (Å²) in [6.07, 6.45) is 2.27. The van der Waals surface area contributed by atoms with E-state index in [0.717, 1.165) is 35.8 Å². The van der Waals surface area contributed by atoms with Gasteiger partial charge in [0.25, 0.3) is 15.9 Å². The number of carbonyl (C=O) groups excluding carboxylic acids is 2. The van der Waals surface area contributed by atoms with Gasteiger partial charge in [-0.1, -0.05) is 23.7 Å². The number of amides is 2. The molecule has 5 rings (SSSR count). The monoisotopic (exact) mass is 684 g/mol. The van der Waals surface area contributed by atoms with Gasteiger partial charge < -0.3 is 19.1 Å². The molecule has 47 heavy (non-hydrogen) atoms. The molecule has 3 aromatic carbocycles. The van der Waals surface area contributed by atoms with Gasteiger partial charge >= 0.3 is 0 Å². The highest BCUT2D eigenvalue weighted by Gasteiger charge is 2.61. The van der Waals surface area contributed by atoms with Crippen LogP contribution in [-0.4, -0.2) is 96.5 Å². The molecule has 2 heterocycles. The lowest BCUT2D eigenvalue weighted by atomic mass is 9.80. The number of methoxy groups -OCH3 is 3. The standard InChI is InChI=1S/C34H41ClN4O7S/c1-22(32(40)36(2)3)37(4)34(26-13-10-23(18-29(26)45-6)21-38-16-8-9-17-38)27-19-24(35)11-14-28(27)39(33(34)41)47(42,43)31-15-12-25(44-5)20-30(31)46-7/h10-15,18-20,22H,8-9,16-17,21H2,1-7H3/t22?,34-/m1/s1. The molecule has 0 N–H and O–H groups in total. The van der Waals surface area contributed by atoms with Crippen molar-refractivity contribution >= 4 is 39.1 Å². The maximum absolute atomic E-state index is 15.3. The van der Waals surface area contributed by atoms with Crippen molar-refractivity contribution < 1.29 is 32.2 Å². The number of fused-ring (bicyclic) bond motifs is 1. The van der Waals surface area contributed by atoms with E-state index in [4.69, 9.17) is 25.8 Å². The van der Waals surface area contributed by atoms with Gasteiger partial charge in [-0.25, -0.2) is 12.7 Å². The van der Waals surface area contributed by atoms with Crippen molar-refractivity contribution in [1.29, 1.82) is 0 Å². The Morgan fingerprint density at radius 2 is 1.60 bits per heavy atom. The van der Waals surface area contributed by atoms with Gasteiger partial charge in [0.2, 0.25) is 5.91 Å². The van der Waals surface area contributed by atoms with Crippen LogP contribution in [0.2, 0.25) is 5.02 Å². The van der Waals surface area contributed by atoms with Crippen LogP contribution in [0.4, 0.5) is 5.69 Å². The molecule has 0 saturated carbocycles. The second-order valence-electron chi connectivity index (χ2n) is 12.0. The van der Waals surface area contributed by atoms with Crippen molar-refractivity contribution in [2.24, 2.45) is 0 Å². The molecule has 1 unspecified atom stereocenters. The van der Waals surface area contributed by atoms with Crippen molar-refractivity contribution in [2.75, 3.05) is 59.9 Å². The first-order valence-electron chi connectivity index (χ1n) is 15.3. The van der Waals surface area contributed by atoms with Gasteiger partial charge in [-0.15, -0.1) is 0 Å². The van der Waals surface area contributed by atoms with Crippen molar-refractivity contribution in [3.8, 4) is 17.2 Å². The first-order valence-corrected chi connectivity index (χ1v) is 17.1. The fourth-order valence-electron chi connectivity index (χ4n) is 6.62. The Morgan fingerprint density at radius 1 is 0.915 bits per heavy atom. The molecule has 0 radical (unpaired) electrons. The Kier molecular flexibility index (Phi) is 9.79. The number of hydrogen-bond acceptors (Lipinski definition) is 9. The van der Waals surface area contributed by atoms with Gasteiger partial charge in [-0.05, 0) is 81.9 Å². The second-order valence-corrected chi connectivity index (χ2v) is 14.2. The molecule has 13 heteroatoms. The van der Waals surface area contributed by atoms with Gasteiger partial charge in [0.1, 0.15) is 22.1 Å². The van der Waals surface area contributed by atoms with E-state index in [2.05, 4.69) is 4.90 Å². The van der Waals surface area contributed by atoms with Crippen LogP contribution in [0.1, 0.15) is 36.5 Å². The van der Waals surface area contributed by atoms with Gasteiger partial charge in [-0.2, -0.15) is 0 Å². The highest BCUT2D eigenvalue weighted by Crippen LogP contribution is 2.54. The Morgan fingerprint density at radius 3 is 2.21 bits per heavy atom. The summed E-state index contributed by atoms with van der Waals surface area (Å²) in [4.78, 5) is 34.0. The lowest BCUT2D eigenvalue weighted by Gasteiger charge is -2.42. The highest BCUT2D eigenvalue weighted by atomic mass is 35.5. The summed E-state index contributed by atoms with van der Waals surface area (Å²) in [5, 5.41) is 0.284. The number of ether oxygens (including phenoxy) is 3. The molecule has 2 amide bonds. The number of rotatable bonds is 11. The number of benzene rings is 3. The first-order chi connectivity index (χ1) is 22.3. The fraction of sp³-hybridized carbons (Fsp3) is 0.412. The smallest absolute Gasteiger partial charge is 0.274 e. The van der Waals surface area contributed by atoms with Crippen LogP contribution in [0.15, 0.2) is 59.5 Å². The quantitative estimate of drug-likeness (QED) is 0.291. The number of hydrogen-bond donors (Lipinski definition) is 0. The molecule has 1 fully saturated rings. The van der Waals surface area contributed by atoms with Crippen LogP contribution in [-0.2, 0) is 31.7 Å². The molecule has 252 valence electrons. The van der Waals surface area contributed by atoms with Gasteiger partial charge in [0.15, 0.2) is 5.54 Å². The Hall–Kier alpha value is -3.84. The van der Waals surface area contributed by atoms with Crippen LogP contribution in [0.25, 0.3) is 0 Å². The average Bonchev–Trinajstić information content (AvgIpc) is 3.66. The second kappa shape index (κ2) is 13.3. The van der Waals surface area contributed by atoms with E-state index < -0.39 is 27.5 Å². The zero-order valence-electron chi connectivity index (χ0n) is 27.7. The molecule has 0 aromatic heterocycles. The third kappa shape index (κ3) is 5.81. The van der Waals surface area contributed by atoms with Crippen LogP contribution >= 0.6 is 11.6 Å². The van der Waals surface area contributed by atoms with Crippen molar-refractivity contribution in [2.45, 2.75) is 42.8 Å². The summed E-state index contributed by atoms with van der Waals surface area (Å²) in [5.74, 6) is -0.355. The minimum Gasteiger partial charge on any atom is -0.497 e. The van der Waals surface area contributed by atoms with E-state index >= 15 is 4.79 Å². The van der Waals surface area contributed by atoms with Crippen molar-refractivity contribution in [1.82, 2.24) is 14.7 Å². The van der Waals surface area contributed by atoms with Gasteiger partial charge in [0, 0.05) is 42.9 Å². The third-order valence-electron chi connectivity index (χ3n) is 9.12. The number of anilines is 1. The third-order valence-corrected chi connectivity index (χ3v) is 11.1. The van der Waals surface area contributed by atoms with Gasteiger partial charge in [-0.3, -0.25) is 19.4 Å². The Bertz CT molecular complexity index is 1790. The molecule has 11 nitrogen and oxygen atoms in total. The largest absolute Gasteiger partial charge is 0.497 e. The summed E-state index contributed by atoms with van der Waals surface area (Å²) < 4.78 is 46.8. The maximum atomic E-state index is 15.3. The summed E-state index contributed by atoms with van der Waals surface area (Å²) in [6.45, 7) is 4.36. The van der Waals surface area contributed by atoms with E-state index in [-0.39, 0.29) is 32.8 Å². The van der Waals surface area contributed by atoms with Crippen LogP contribution in [0.3, 0.4) is 0 Å². The molecular weight excluding hydrogens is 644 g/mol. The van der Waals surface area contributed by atoms with Gasteiger partial charge in [0.05, 0.1) is 33.1 Å². The van der Waals surface area contributed by atoms with E-state index in [1.54, 1.807) is 45.1 Å². The first kappa shape index (κ1) is 34.5. The number of nitrogens with zero attached hydrogens (tertiary/aromatic N) is 4. The molecule has 0 spiro atoms. The van der Waals surface area contributed by atoms with Crippen LogP contribution < -0.4 is 18.5 Å². The minimum absolute atomic E-state index is 0.00137. The zero-order chi connectivity index (χ0) is 34.3. The lowest BCUT2D eigenvalue weighted by Crippen LogP contribution is -2.59. The van der Waals surface area contributed by atoms with Crippen LogP contribution in [0.5, 0.6) is 17.2 Å². The summed E-state index contributed by atoms with van der Waals surface area (Å²) in [6, 6.07) is 13.6. The summed E-state index contributed by atoms with van der Waals surface area (Å²) >= 11 is 6.59. The minimum atomic E-state index is -4.61. The van der Waals surface area contributed by atoms with E-state index in [0.29, 0.717) is 23.6 Å². The average molecular weight is 685 g/mol. The predicted molar refractivity (Wildman–Crippen MR) is 180 cm³/mol. The number of likely N-dealkylation sites (N-methyl/N-ethyl adjacent to an activating group) is 2. The van der Waals surface area contributed by atoms with Crippen molar-refractivity contribution in [3.63, 3.8) is 0 Å². The molecular formula is C34H41ClN4O7S. The summed E-state index contributed by atoms with van der Waals surface area (Å²) in [7, 11) is 4.58. The van der Waals surface area contributed by atoms with E-state index in [1.807, 2.05) is 12.1 Å². The molecule has 2 aliphatic rings. The number of carbonyl (C=O) groups is 2. The Labute approximate surface area is 281 Å². The van der Waals surface area contributed by atoms with Crippen molar-refractivity contribution in [3.05, 3.63) is 76.3 Å². The van der Waals surface area contributed by atoms with Crippen LogP contribution in [0, 0.1) is 0 Å². The molecule has 1 saturated heterocycles. The van der Waals surface area contributed by atoms with E-state index in [1.165, 1.54) is 56.6 Å². The lowest BCUT2D eigenvalue weighted by molar-refractivity contribution is -0.138. The van der Waals surface area contributed by atoms with E-state index in [9.17, 15) is 13.2 Å². The molecule has 2 atom stereocenters. The molecule has 0 aliphatic carbocycles. The molecule has 0 bridgehead atoms. The molecule has 2 aliphatic heterocycles. The molecule has 3 aromatic rings. The summed E-state index contributed by atoms with van der Waals surface area (Å²) in [5.41, 5.74) is -0.115. The highest BCUT2D eigenvalue weighted by molar-refractivity contribution is 7.93. The number of likely N-dealkylation sites (tertiary alicyclic amines) is 1. The maximum Gasteiger partial charge on any atom is 0.274 e. The predicted octanol–water partition coefficient (Wildman–Crippen LogP) is 4.35. The Balaban J connectivity index is 1.79. The zero-order valence-corrected chi connectivity index (χ0v) is 29.3. The topological polar surface area (TPSA) is 109 Å². The SMILES string of the molecule is COc1ccc(S(=O)(=O)N2C(=O)[C@](c3ccc(CN4CCCC4)cc3OC)(N(C)C(C)C(=O)N(C)C)c3cc(Cl)ccc32)c(OC)c1. The number of sulfonamides is 1. The number of halogens is 1. The normalized spacial score (nSPS) is 18.7.